The van der Waals surface area contributed by atoms with Gasteiger partial charge in [0.05, 0.1) is 6.42 Å². The Morgan fingerprint density at radius 3 is 2.48 bits per heavy atom. The lowest BCUT2D eigenvalue weighted by atomic mass is 10.2. The average Bonchev–Trinajstić information content (AvgIpc) is 2.45. The maximum Gasteiger partial charge on any atom is 0.303 e. The van der Waals surface area contributed by atoms with Gasteiger partial charge in [0.25, 0.3) is 0 Å². The molecule has 21 heavy (non-hydrogen) atoms. The third-order valence-electron chi connectivity index (χ3n) is 2.80. The van der Waals surface area contributed by atoms with Gasteiger partial charge in [-0.2, -0.15) is 0 Å². The van der Waals surface area contributed by atoms with Gasteiger partial charge in [0.1, 0.15) is 6.61 Å². The molecule has 1 aromatic heterocycles. The van der Waals surface area contributed by atoms with Crippen molar-refractivity contribution in [2.75, 3.05) is 0 Å². The Morgan fingerprint density at radius 2 is 1.81 bits per heavy atom. The zero-order valence-corrected chi connectivity index (χ0v) is 12.6. The zero-order chi connectivity index (χ0) is 15.2. The van der Waals surface area contributed by atoms with E-state index < -0.39 is 5.97 Å². The van der Waals surface area contributed by atoms with E-state index in [2.05, 4.69) is 4.98 Å². The monoisotopic (exact) mass is 325 g/mol. The van der Waals surface area contributed by atoms with Crippen LogP contribution < -0.4 is 4.74 Å². The Kier molecular flexibility index (Phi) is 5.42. The molecule has 1 heterocycles. The van der Waals surface area contributed by atoms with Gasteiger partial charge in [0.2, 0.25) is 5.88 Å². The number of ether oxygens (including phenoxy) is 1. The van der Waals surface area contributed by atoms with Crippen LogP contribution in [0.4, 0.5) is 0 Å². The molecule has 0 saturated carbocycles. The highest BCUT2D eigenvalue weighted by Crippen LogP contribution is 2.25. The second-order valence-corrected chi connectivity index (χ2v) is 5.16. The minimum atomic E-state index is -0.856. The van der Waals surface area contributed by atoms with Crippen molar-refractivity contribution < 1.29 is 14.6 Å². The van der Waals surface area contributed by atoms with E-state index >= 15 is 0 Å². The van der Waals surface area contributed by atoms with Crippen LogP contribution in [0.5, 0.6) is 5.88 Å². The summed E-state index contributed by atoms with van der Waals surface area (Å²) >= 11 is 12.1. The smallest absolute Gasteiger partial charge is 0.303 e. The highest BCUT2D eigenvalue weighted by molar-refractivity contribution is 6.35. The first kappa shape index (κ1) is 15.6. The summed E-state index contributed by atoms with van der Waals surface area (Å²) in [6.07, 6.45) is 0.395. The van der Waals surface area contributed by atoms with Crippen LogP contribution in [0.3, 0.4) is 0 Å². The van der Waals surface area contributed by atoms with E-state index in [1.807, 2.05) is 0 Å². The quantitative estimate of drug-likeness (QED) is 0.872. The summed E-state index contributed by atoms with van der Waals surface area (Å²) in [5.41, 5.74) is 1.36. The van der Waals surface area contributed by atoms with E-state index in [-0.39, 0.29) is 13.0 Å². The van der Waals surface area contributed by atoms with Gasteiger partial charge in [-0.05, 0) is 18.2 Å². The Hall–Kier alpha value is -1.78. The van der Waals surface area contributed by atoms with Crippen LogP contribution in [0, 0.1) is 0 Å². The standard InChI is InChI=1S/C15H13Cl2NO3/c16-12-4-2-5-13(17)11(12)9-21-14-6-1-3-10(18-14)7-8-15(19)20/h1-6H,7-9H2,(H,19,20). The zero-order valence-electron chi connectivity index (χ0n) is 11.1. The molecule has 4 nitrogen and oxygen atoms in total. The summed E-state index contributed by atoms with van der Waals surface area (Å²) in [7, 11) is 0. The molecule has 0 spiro atoms. The fraction of sp³-hybridized carbons (Fsp3) is 0.200. The number of aryl methyl sites for hydroxylation is 1. The lowest BCUT2D eigenvalue weighted by Gasteiger charge is -2.09. The fourth-order valence-electron chi connectivity index (χ4n) is 1.73. The first-order valence-corrected chi connectivity index (χ1v) is 7.05. The number of nitrogens with zero attached hydrogens (tertiary/aromatic N) is 1. The molecule has 0 saturated heterocycles. The van der Waals surface area contributed by atoms with Gasteiger partial charge in [0.15, 0.2) is 0 Å². The lowest BCUT2D eigenvalue weighted by Crippen LogP contribution is -2.02. The SMILES string of the molecule is O=C(O)CCc1cccc(OCc2c(Cl)cccc2Cl)n1. The van der Waals surface area contributed by atoms with Crippen LogP contribution in [-0.4, -0.2) is 16.1 Å². The van der Waals surface area contributed by atoms with Gasteiger partial charge in [-0.3, -0.25) is 4.79 Å². The molecular formula is C15H13Cl2NO3. The minimum absolute atomic E-state index is 0.0345. The second kappa shape index (κ2) is 7.29. The summed E-state index contributed by atoms with van der Waals surface area (Å²) in [6.45, 7) is 0.202. The molecule has 1 aromatic carbocycles. The van der Waals surface area contributed by atoms with Crippen LogP contribution in [0.25, 0.3) is 0 Å². The minimum Gasteiger partial charge on any atom is -0.481 e. The fourth-order valence-corrected chi connectivity index (χ4v) is 2.24. The number of carbonyl (C=O) groups is 1. The molecule has 6 heteroatoms. The van der Waals surface area contributed by atoms with Crippen molar-refractivity contribution in [3.63, 3.8) is 0 Å². The molecule has 0 radical (unpaired) electrons. The summed E-state index contributed by atoms with van der Waals surface area (Å²) in [5, 5.41) is 9.73. The number of pyridine rings is 1. The van der Waals surface area contributed by atoms with Crippen LogP contribution in [-0.2, 0) is 17.8 Å². The molecule has 0 aliphatic rings. The van der Waals surface area contributed by atoms with E-state index in [1.54, 1.807) is 36.4 Å². The molecule has 0 aliphatic carbocycles. The van der Waals surface area contributed by atoms with Crippen LogP contribution in [0.15, 0.2) is 36.4 Å². The van der Waals surface area contributed by atoms with Gasteiger partial charge in [-0.15, -0.1) is 0 Å². The molecule has 2 rings (SSSR count). The highest BCUT2D eigenvalue weighted by atomic mass is 35.5. The van der Waals surface area contributed by atoms with Gasteiger partial charge in [-0.25, -0.2) is 4.98 Å². The highest BCUT2D eigenvalue weighted by Gasteiger charge is 2.07. The van der Waals surface area contributed by atoms with Crippen molar-refractivity contribution in [2.24, 2.45) is 0 Å². The molecule has 2 aromatic rings. The van der Waals surface area contributed by atoms with Crippen LogP contribution >= 0.6 is 23.2 Å². The van der Waals surface area contributed by atoms with Crippen LogP contribution in [0.1, 0.15) is 17.7 Å². The molecular weight excluding hydrogens is 313 g/mol. The number of aliphatic carboxylic acids is 1. The Labute approximate surface area is 132 Å². The third-order valence-corrected chi connectivity index (χ3v) is 3.51. The lowest BCUT2D eigenvalue weighted by molar-refractivity contribution is -0.136. The summed E-state index contributed by atoms with van der Waals surface area (Å²) < 4.78 is 5.57. The van der Waals surface area contributed by atoms with Gasteiger partial charge in [-0.1, -0.05) is 35.3 Å². The number of benzene rings is 1. The van der Waals surface area contributed by atoms with Crippen molar-refractivity contribution in [3.8, 4) is 5.88 Å². The predicted octanol–water partition coefficient (Wildman–Crippen LogP) is 3.98. The van der Waals surface area contributed by atoms with Crippen molar-refractivity contribution in [3.05, 3.63) is 57.7 Å². The van der Waals surface area contributed by atoms with E-state index in [1.165, 1.54) is 0 Å². The summed E-state index contributed by atoms with van der Waals surface area (Å²) in [4.78, 5) is 14.8. The van der Waals surface area contributed by atoms with Gasteiger partial charge in [0, 0.05) is 33.8 Å². The van der Waals surface area contributed by atoms with Gasteiger partial charge < -0.3 is 9.84 Å². The number of aromatic nitrogens is 1. The molecule has 1 N–H and O–H groups in total. The number of carboxylic acid groups (broad SMARTS) is 1. The Bertz CT molecular complexity index is 626. The Balaban J connectivity index is 2.03. The first-order valence-electron chi connectivity index (χ1n) is 6.29. The average molecular weight is 326 g/mol. The molecule has 0 unspecified atom stereocenters. The van der Waals surface area contributed by atoms with E-state index in [4.69, 9.17) is 33.0 Å². The summed E-state index contributed by atoms with van der Waals surface area (Å²) in [6, 6.07) is 10.5. The number of rotatable bonds is 6. The number of hydrogen-bond acceptors (Lipinski definition) is 3. The molecule has 110 valence electrons. The Morgan fingerprint density at radius 1 is 1.14 bits per heavy atom. The molecule has 0 fully saturated rings. The van der Waals surface area contributed by atoms with Crippen molar-refractivity contribution >= 4 is 29.2 Å². The van der Waals surface area contributed by atoms with Crippen LogP contribution in [0.2, 0.25) is 10.0 Å². The maximum absolute atomic E-state index is 10.6. The predicted molar refractivity (Wildman–Crippen MR) is 81.0 cm³/mol. The van der Waals surface area contributed by atoms with Crippen molar-refractivity contribution in [2.45, 2.75) is 19.4 Å². The van der Waals surface area contributed by atoms with Crippen molar-refractivity contribution in [1.82, 2.24) is 4.98 Å². The van der Waals surface area contributed by atoms with Gasteiger partial charge >= 0.3 is 5.97 Å². The number of hydrogen-bond donors (Lipinski definition) is 1. The normalized spacial score (nSPS) is 10.4. The largest absolute Gasteiger partial charge is 0.481 e. The molecule has 0 amide bonds. The van der Waals surface area contributed by atoms with E-state index in [0.717, 1.165) is 0 Å². The number of carboxylic acids is 1. The maximum atomic E-state index is 10.6. The number of halogens is 2. The summed E-state index contributed by atoms with van der Waals surface area (Å²) in [5.74, 6) is -0.445. The topological polar surface area (TPSA) is 59.4 Å². The molecule has 0 bridgehead atoms. The van der Waals surface area contributed by atoms with E-state index in [0.29, 0.717) is 33.6 Å². The first-order chi connectivity index (χ1) is 10.1. The second-order valence-electron chi connectivity index (χ2n) is 4.35. The molecule has 0 aliphatic heterocycles. The van der Waals surface area contributed by atoms with E-state index in [9.17, 15) is 4.79 Å². The van der Waals surface area contributed by atoms with Crippen molar-refractivity contribution in [1.29, 1.82) is 0 Å². The third kappa shape index (κ3) is 4.62. The molecule has 0 atom stereocenters.